The molecular weight excluding hydrogens is 278 g/mol. The summed E-state index contributed by atoms with van der Waals surface area (Å²) in [5.41, 5.74) is 0.847. The number of carbonyl (C=O) groups is 1. The van der Waals surface area contributed by atoms with Crippen LogP contribution in [0.1, 0.15) is 30.0 Å². The Morgan fingerprint density at radius 2 is 1.91 bits per heavy atom. The molecular formula is C18H19NO3. The molecule has 0 unspecified atom stereocenters. The van der Waals surface area contributed by atoms with E-state index in [1.807, 2.05) is 43.3 Å². The van der Waals surface area contributed by atoms with Gasteiger partial charge in [-0.15, -0.1) is 0 Å². The van der Waals surface area contributed by atoms with E-state index in [0.717, 1.165) is 27.3 Å². The highest BCUT2D eigenvalue weighted by Crippen LogP contribution is 2.31. The summed E-state index contributed by atoms with van der Waals surface area (Å²) in [6.45, 7) is 5.26. The molecule has 114 valence electrons. The molecule has 0 bridgehead atoms. The summed E-state index contributed by atoms with van der Waals surface area (Å²) in [5.74, 6) is -0.00953. The molecule has 0 aliphatic heterocycles. The number of amides is 1. The number of hydrogen-bond donors (Lipinski definition) is 2. The van der Waals surface area contributed by atoms with Gasteiger partial charge >= 0.3 is 0 Å². The van der Waals surface area contributed by atoms with Gasteiger partial charge in [-0.3, -0.25) is 4.79 Å². The molecule has 0 radical (unpaired) electrons. The number of fused-ring (bicyclic) bond motifs is 3. The van der Waals surface area contributed by atoms with Crippen molar-refractivity contribution < 1.29 is 14.3 Å². The maximum Gasteiger partial charge on any atom is 0.287 e. The molecule has 1 heterocycles. The summed E-state index contributed by atoms with van der Waals surface area (Å²) in [6, 6.07) is 11.9. The lowest BCUT2D eigenvalue weighted by Gasteiger charge is -2.22. The van der Waals surface area contributed by atoms with Gasteiger partial charge in [0.25, 0.3) is 5.91 Å². The minimum absolute atomic E-state index is 0.138. The van der Waals surface area contributed by atoms with E-state index in [4.69, 9.17) is 4.42 Å². The zero-order chi connectivity index (χ0) is 15.9. The minimum atomic E-state index is -0.690. The average Bonchev–Trinajstić information content (AvgIpc) is 2.85. The highest BCUT2D eigenvalue weighted by atomic mass is 16.3. The van der Waals surface area contributed by atoms with Gasteiger partial charge in [0.1, 0.15) is 5.58 Å². The van der Waals surface area contributed by atoms with Crippen molar-refractivity contribution in [2.24, 2.45) is 0 Å². The lowest BCUT2D eigenvalue weighted by Crippen LogP contribution is -2.46. The first-order valence-electron chi connectivity index (χ1n) is 7.27. The molecule has 4 nitrogen and oxygen atoms in total. The summed E-state index contributed by atoms with van der Waals surface area (Å²) in [6.07, 6.45) is 0. The summed E-state index contributed by atoms with van der Waals surface area (Å²) >= 11 is 0. The first-order chi connectivity index (χ1) is 10.4. The zero-order valence-electron chi connectivity index (χ0n) is 12.9. The van der Waals surface area contributed by atoms with Gasteiger partial charge in [0.05, 0.1) is 12.1 Å². The third kappa shape index (κ3) is 2.35. The third-order valence-corrected chi connectivity index (χ3v) is 3.88. The van der Waals surface area contributed by atoms with Gasteiger partial charge in [-0.25, -0.2) is 0 Å². The Morgan fingerprint density at radius 1 is 1.18 bits per heavy atom. The summed E-state index contributed by atoms with van der Waals surface area (Å²) in [5, 5.41) is 15.1. The fraction of sp³-hybridized carbons (Fsp3) is 0.278. The second-order valence-electron chi connectivity index (χ2n) is 6.22. The normalized spacial score (nSPS) is 12.0. The molecule has 0 saturated carbocycles. The number of hydrogen-bond acceptors (Lipinski definition) is 3. The number of aliphatic hydroxyl groups is 1. The molecule has 3 rings (SSSR count). The van der Waals surface area contributed by atoms with Crippen molar-refractivity contribution in [1.82, 2.24) is 5.32 Å². The maximum atomic E-state index is 12.4. The van der Waals surface area contributed by atoms with E-state index < -0.39 is 5.54 Å². The Hall–Kier alpha value is -2.33. The predicted molar refractivity (Wildman–Crippen MR) is 87.1 cm³/mol. The van der Waals surface area contributed by atoms with Gasteiger partial charge in [0.15, 0.2) is 5.76 Å². The number of furan rings is 1. The summed E-state index contributed by atoms with van der Waals surface area (Å²) in [7, 11) is 0. The van der Waals surface area contributed by atoms with Gasteiger partial charge in [0.2, 0.25) is 0 Å². The van der Waals surface area contributed by atoms with Crippen LogP contribution in [0.3, 0.4) is 0 Å². The maximum absolute atomic E-state index is 12.4. The Kier molecular flexibility index (Phi) is 3.41. The molecule has 1 aromatic heterocycles. The molecule has 2 N–H and O–H groups in total. The van der Waals surface area contributed by atoms with Crippen LogP contribution in [0, 0.1) is 6.92 Å². The van der Waals surface area contributed by atoms with Crippen molar-refractivity contribution in [3.8, 4) is 0 Å². The predicted octanol–water partition coefficient (Wildman–Crippen LogP) is 3.40. The van der Waals surface area contributed by atoms with Gasteiger partial charge in [0, 0.05) is 16.3 Å². The molecule has 0 aliphatic carbocycles. The largest absolute Gasteiger partial charge is 0.450 e. The number of rotatable bonds is 3. The van der Waals surface area contributed by atoms with Crippen molar-refractivity contribution in [2.45, 2.75) is 26.3 Å². The fourth-order valence-electron chi connectivity index (χ4n) is 2.57. The van der Waals surface area contributed by atoms with Gasteiger partial charge < -0.3 is 14.8 Å². The first kappa shape index (κ1) is 14.6. The second kappa shape index (κ2) is 5.14. The van der Waals surface area contributed by atoms with E-state index >= 15 is 0 Å². The molecule has 0 aliphatic rings. The molecule has 0 spiro atoms. The van der Waals surface area contributed by atoms with Gasteiger partial charge in [-0.05, 0) is 26.2 Å². The quantitative estimate of drug-likeness (QED) is 0.779. The van der Waals surface area contributed by atoms with Crippen LogP contribution in [-0.2, 0) is 0 Å². The smallest absolute Gasteiger partial charge is 0.287 e. The highest BCUT2D eigenvalue weighted by Gasteiger charge is 2.25. The van der Waals surface area contributed by atoms with E-state index in [1.54, 1.807) is 13.8 Å². The summed E-state index contributed by atoms with van der Waals surface area (Å²) in [4.78, 5) is 12.4. The van der Waals surface area contributed by atoms with Crippen LogP contribution in [0.2, 0.25) is 0 Å². The van der Waals surface area contributed by atoms with Crippen LogP contribution in [0.15, 0.2) is 40.8 Å². The van der Waals surface area contributed by atoms with Crippen LogP contribution in [-0.4, -0.2) is 23.2 Å². The van der Waals surface area contributed by atoms with Crippen LogP contribution >= 0.6 is 0 Å². The van der Waals surface area contributed by atoms with E-state index in [2.05, 4.69) is 5.32 Å². The number of carbonyl (C=O) groups excluding carboxylic acids is 1. The van der Waals surface area contributed by atoms with Gasteiger partial charge in [-0.1, -0.05) is 36.4 Å². The molecule has 3 aromatic rings. The Bertz CT molecular complexity index is 861. The van der Waals surface area contributed by atoms with Crippen molar-refractivity contribution in [2.75, 3.05) is 6.61 Å². The average molecular weight is 297 g/mol. The van der Waals surface area contributed by atoms with Crippen LogP contribution in [0.5, 0.6) is 0 Å². The molecule has 0 fully saturated rings. The standard InChI is InChI=1S/C18H19NO3/c1-11-13-9-8-12-6-4-5-7-14(12)16(13)22-15(11)17(21)19-18(2,3)10-20/h4-9,20H,10H2,1-3H3,(H,19,21). The fourth-order valence-corrected chi connectivity index (χ4v) is 2.57. The molecule has 1 amide bonds. The van der Waals surface area contributed by atoms with Crippen molar-refractivity contribution in [1.29, 1.82) is 0 Å². The van der Waals surface area contributed by atoms with Crippen LogP contribution < -0.4 is 5.32 Å². The Morgan fingerprint density at radius 3 is 2.64 bits per heavy atom. The lowest BCUT2D eigenvalue weighted by atomic mass is 10.0. The van der Waals surface area contributed by atoms with Crippen molar-refractivity contribution in [3.63, 3.8) is 0 Å². The molecule has 4 heteroatoms. The van der Waals surface area contributed by atoms with Crippen LogP contribution in [0.25, 0.3) is 21.7 Å². The molecule has 2 aromatic carbocycles. The Balaban J connectivity index is 2.14. The SMILES string of the molecule is Cc1c(C(=O)NC(C)(C)CO)oc2c1ccc1ccccc12. The first-order valence-corrected chi connectivity index (χ1v) is 7.27. The van der Waals surface area contributed by atoms with E-state index in [9.17, 15) is 9.90 Å². The number of nitrogens with one attached hydrogen (secondary N) is 1. The lowest BCUT2D eigenvalue weighted by molar-refractivity contribution is 0.0842. The second-order valence-corrected chi connectivity index (χ2v) is 6.22. The van der Waals surface area contributed by atoms with Crippen LogP contribution in [0.4, 0.5) is 0 Å². The highest BCUT2D eigenvalue weighted by molar-refractivity contribution is 6.08. The zero-order valence-corrected chi connectivity index (χ0v) is 12.9. The monoisotopic (exact) mass is 297 g/mol. The number of benzene rings is 2. The van der Waals surface area contributed by atoms with E-state index in [0.29, 0.717) is 5.76 Å². The van der Waals surface area contributed by atoms with Crippen molar-refractivity contribution in [3.05, 3.63) is 47.7 Å². The van der Waals surface area contributed by atoms with E-state index in [-0.39, 0.29) is 12.5 Å². The minimum Gasteiger partial charge on any atom is -0.450 e. The van der Waals surface area contributed by atoms with Gasteiger partial charge in [-0.2, -0.15) is 0 Å². The Labute approximate surface area is 128 Å². The van der Waals surface area contributed by atoms with Crippen molar-refractivity contribution >= 4 is 27.6 Å². The molecule has 0 atom stereocenters. The third-order valence-electron chi connectivity index (χ3n) is 3.88. The molecule has 22 heavy (non-hydrogen) atoms. The van der Waals surface area contributed by atoms with E-state index in [1.165, 1.54) is 0 Å². The summed E-state index contributed by atoms with van der Waals surface area (Å²) < 4.78 is 5.87. The number of aliphatic hydroxyl groups excluding tert-OH is 1. The topological polar surface area (TPSA) is 62.5 Å². The molecule has 0 saturated heterocycles. The number of aryl methyl sites for hydroxylation is 1.